The molecule has 0 fully saturated rings. The second kappa shape index (κ2) is 13.0. The third-order valence-electron chi connectivity index (χ3n) is 12.1. The largest absolute Gasteiger partial charge is 0.456 e. The van der Waals surface area contributed by atoms with Crippen LogP contribution in [-0.4, -0.2) is 0 Å². The lowest BCUT2D eigenvalue weighted by molar-refractivity contribution is 0.660. The molecule has 0 unspecified atom stereocenters. The number of hydrogen-bond acceptors (Lipinski definition) is 2. The van der Waals surface area contributed by atoms with Crippen molar-refractivity contribution in [2.45, 2.75) is 19.3 Å². The van der Waals surface area contributed by atoms with Gasteiger partial charge in [0.25, 0.3) is 0 Å². The Bertz CT molecular complexity index is 3140. The van der Waals surface area contributed by atoms with Crippen LogP contribution >= 0.6 is 0 Å². The van der Waals surface area contributed by atoms with Gasteiger partial charge < -0.3 is 9.32 Å². The van der Waals surface area contributed by atoms with Gasteiger partial charge in [0.1, 0.15) is 11.2 Å². The molecule has 0 saturated heterocycles. The van der Waals surface area contributed by atoms with Crippen LogP contribution in [0.5, 0.6) is 0 Å². The minimum atomic E-state index is -0.108. The predicted octanol–water partition coefficient (Wildman–Crippen LogP) is 15.5. The number of hydrogen-bond donors (Lipinski definition) is 0. The molecule has 0 atom stereocenters. The summed E-state index contributed by atoms with van der Waals surface area (Å²) in [5.41, 5.74) is 17.5. The second-order valence-electron chi connectivity index (χ2n) is 15.7. The molecule has 2 heteroatoms. The first kappa shape index (κ1) is 33.2. The zero-order valence-corrected chi connectivity index (χ0v) is 31.9. The molecule has 0 spiro atoms. The number of fused-ring (bicyclic) bond motifs is 8. The maximum atomic E-state index is 6.56. The molecule has 0 radical (unpaired) electrons. The summed E-state index contributed by atoms with van der Waals surface area (Å²) in [6.07, 6.45) is 0. The van der Waals surface area contributed by atoms with Crippen molar-refractivity contribution in [3.05, 3.63) is 211 Å². The van der Waals surface area contributed by atoms with Crippen molar-refractivity contribution in [2.75, 3.05) is 4.90 Å². The first-order valence-corrected chi connectivity index (χ1v) is 19.8. The number of furan rings is 1. The van der Waals surface area contributed by atoms with Gasteiger partial charge in [-0.1, -0.05) is 159 Å². The van der Waals surface area contributed by atoms with E-state index < -0.39 is 0 Å². The number of rotatable bonds is 6. The van der Waals surface area contributed by atoms with Crippen molar-refractivity contribution < 1.29 is 4.42 Å². The lowest BCUT2D eigenvalue weighted by Crippen LogP contribution is -2.16. The molecule has 0 N–H and O–H groups in total. The molecule has 10 aromatic rings. The standard InChI is InChI=1S/C55H39NO/c1-55(2)49-22-10-9-20-46(49)47-31-29-44(35-50(47)55)56(43-19-11-18-40(33-43)36-13-5-3-6-14-36)42-27-23-38(24-28-42)45-21-12-17-39-26-32-51-54(53(39)45)48-30-25-41(34-52(48)57-51)37-15-7-4-8-16-37/h3-35H,1-2H3. The monoisotopic (exact) mass is 729 g/mol. The van der Waals surface area contributed by atoms with Gasteiger partial charge in [-0.15, -0.1) is 0 Å². The number of benzene rings is 9. The third kappa shape index (κ3) is 5.40. The summed E-state index contributed by atoms with van der Waals surface area (Å²) < 4.78 is 6.56. The van der Waals surface area contributed by atoms with E-state index in [2.05, 4.69) is 219 Å². The highest BCUT2D eigenvalue weighted by Crippen LogP contribution is 2.51. The van der Waals surface area contributed by atoms with E-state index in [1.807, 2.05) is 0 Å². The molecule has 1 aromatic heterocycles. The van der Waals surface area contributed by atoms with Crippen LogP contribution in [0.25, 0.3) is 77.2 Å². The van der Waals surface area contributed by atoms with Crippen LogP contribution in [-0.2, 0) is 5.41 Å². The highest BCUT2D eigenvalue weighted by atomic mass is 16.3. The van der Waals surface area contributed by atoms with Gasteiger partial charge >= 0.3 is 0 Å². The molecule has 11 rings (SSSR count). The summed E-state index contributed by atoms with van der Waals surface area (Å²) in [5.74, 6) is 0. The average Bonchev–Trinajstić information content (AvgIpc) is 3.76. The van der Waals surface area contributed by atoms with Crippen molar-refractivity contribution in [2.24, 2.45) is 0 Å². The van der Waals surface area contributed by atoms with E-state index in [0.29, 0.717) is 0 Å². The number of nitrogens with zero attached hydrogens (tertiary/aromatic N) is 1. The molecule has 270 valence electrons. The van der Waals surface area contributed by atoms with Gasteiger partial charge in [0, 0.05) is 38.6 Å². The molecule has 0 aliphatic heterocycles. The highest BCUT2D eigenvalue weighted by Gasteiger charge is 2.35. The summed E-state index contributed by atoms with van der Waals surface area (Å²) in [6.45, 7) is 4.70. The van der Waals surface area contributed by atoms with Crippen molar-refractivity contribution >= 4 is 49.8 Å². The fourth-order valence-electron chi connectivity index (χ4n) is 9.22. The van der Waals surface area contributed by atoms with E-state index in [1.54, 1.807) is 0 Å². The van der Waals surface area contributed by atoms with E-state index in [9.17, 15) is 0 Å². The molecule has 0 saturated carbocycles. The SMILES string of the molecule is CC1(C)c2ccccc2-c2ccc(N(c3ccc(-c4cccc5ccc6oc7cc(-c8ccccc8)ccc7c6c45)cc3)c3cccc(-c4ccccc4)c3)cc21. The van der Waals surface area contributed by atoms with Gasteiger partial charge in [0.15, 0.2) is 0 Å². The summed E-state index contributed by atoms with van der Waals surface area (Å²) in [7, 11) is 0. The van der Waals surface area contributed by atoms with Gasteiger partial charge in [-0.3, -0.25) is 0 Å². The van der Waals surface area contributed by atoms with Gasteiger partial charge in [-0.2, -0.15) is 0 Å². The van der Waals surface area contributed by atoms with E-state index in [1.165, 1.54) is 55.3 Å². The molecule has 1 heterocycles. The summed E-state index contributed by atoms with van der Waals surface area (Å²) in [6, 6.07) is 72.6. The fraction of sp³-hybridized carbons (Fsp3) is 0.0545. The first-order chi connectivity index (χ1) is 28.0. The van der Waals surface area contributed by atoms with Crippen LogP contribution < -0.4 is 4.90 Å². The van der Waals surface area contributed by atoms with Crippen LogP contribution in [0.2, 0.25) is 0 Å². The van der Waals surface area contributed by atoms with Gasteiger partial charge in [-0.05, 0) is 116 Å². The lowest BCUT2D eigenvalue weighted by Gasteiger charge is -2.28. The van der Waals surface area contributed by atoms with E-state index in [0.717, 1.165) is 50.1 Å². The van der Waals surface area contributed by atoms with Crippen molar-refractivity contribution in [1.82, 2.24) is 0 Å². The van der Waals surface area contributed by atoms with E-state index in [4.69, 9.17) is 4.42 Å². The van der Waals surface area contributed by atoms with Crippen LogP contribution in [0, 0.1) is 0 Å². The maximum absolute atomic E-state index is 6.56. The zero-order chi connectivity index (χ0) is 38.1. The van der Waals surface area contributed by atoms with Crippen molar-refractivity contribution in [1.29, 1.82) is 0 Å². The lowest BCUT2D eigenvalue weighted by atomic mass is 9.82. The summed E-state index contributed by atoms with van der Waals surface area (Å²) in [5, 5.41) is 4.69. The van der Waals surface area contributed by atoms with E-state index >= 15 is 0 Å². The Hall–Kier alpha value is -7.16. The molecule has 1 aliphatic carbocycles. The molecular weight excluding hydrogens is 691 g/mol. The van der Waals surface area contributed by atoms with Crippen LogP contribution in [0.1, 0.15) is 25.0 Å². The number of anilines is 3. The molecular formula is C55H39NO. The van der Waals surface area contributed by atoms with Crippen molar-refractivity contribution in [3.63, 3.8) is 0 Å². The highest BCUT2D eigenvalue weighted by molar-refractivity contribution is 6.23. The van der Waals surface area contributed by atoms with E-state index in [-0.39, 0.29) is 5.41 Å². The Morgan fingerprint density at radius 3 is 1.77 bits per heavy atom. The minimum Gasteiger partial charge on any atom is -0.456 e. The zero-order valence-electron chi connectivity index (χ0n) is 31.9. The van der Waals surface area contributed by atoms with Crippen LogP contribution in [0.3, 0.4) is 0 Å². The second-order valence-corrected chi connectivity index (χ2v) is 15.7. The predicted molar refractivity (Wildman–Crippen MR) is 240 cm³/mol. The Kier molecular flexibility index (Phi) is 7.55. The fourth-order valence-corrected chi connectivity index (χ4v) is 9.22. The Balaban J connectivity index is 1.05. The molecule has 57 heavy (non-hydrogen) atoms. The Morgan fingerprint density at radius 1 is 0.368 bits per heavy atom. The van der Waals surface area contributed by atoms with Crippen LogP contribution in [0.15, 0.2) is 205 Å². The molecule has 1 aliphatic rings. The molecule has 2 nitrogen and oxygen atoms in total. The maximum Gasteiger partial charge on any atom is 0.136 e. The third-order valence-corrected chi connectivity index (χ3v) is 12.1. The molecule has 9 aromatic carbocycles. The smallest absolute Gasteiger partial charge is 0.136 e. The quantitative estimate of drug-likeness (QED) is 0.169. The minimum absolute atomic E-state index is 0.108. The van der Waals surface area contributed by atoms with Gasteiger partial charge in [0.05, 0.1) is 0 Å². The Morgan fingerprint density at radius 2 is 0.982 bits per heavy atom. The molecule has 0 bridgehead atoms. The summed E-state index contributed by atoms with van der Waals surface area (Å²) >= 11 is 0. The molecule has 0 amide bonds. The Labute approximate surface area is 332 Å². The first-order valence-electron chi connectivity index (χ1n) is 19.8. The topological polar surface area (TPSA) is 16.4 Å². The summed E-state index contributed by atoms with van der Waals surface area (Å²) in [4.78, 5) is 2.41. The van der Waals surface area contributed by atoms with Crippen molar-refractivity contribution in [3.8, 4) is 44.5 Å². The normalized spacial score (nSPS) is 12.9. The average molecular weight is 730 g/mol. The van der Waals surface area contributed by atoms with Gasteiger partial charge in [0.2, 0.25) is 0 Å². The van der Waals surface area contributed by atoms with Gasteiger partial charge in [-0.25, -0.2) is 0 Å². The van der Waals surface area contributed by atoms with Crippen LogP contribution in [0.4, 0.5) is 17.1 Å².